The topological polar surface area (TPSA) is 66.9 Å². The Bertz CT molecular complexity index is 519. The zero-order chi connectivity index (χ0) is 13.9. The molecule has 0 saturated carbocycles. The molecule has 0 N–H and O–H groups in total. The van der Waals surface area contributed by atoms with E-state index in [0.29, 0.717) is 30.4 Å². The number of sulfonamides is 1. The van der Waals surface area contributed by atoms with E-state index in [0.717, 1.165) is 0 Å². The van der Waals surface area contributed by atoms with E-state index in [9.17, 15) is 13.2 Å². The number of amides is 1. The van der Waals surface area contributed by atoms with Gasteiger partial charge in [-0.1, -0.05) is 6.07 Å². The molecule has 1 aliphatic heterocycles. The normalized spacial score (nSPS) is 17.6. The molecule has 1 amide bonds. The highest BCUT2D eigenvalue weighted by Crippen LogP contribution is 2.21. The van der Waals surface area contributed by atoms with Gasteiger partial charge < -0.3 is 9.64 Å². The van der Waals surface area contributed by atoms with E-state index in [1.54, 1.807) is 22.4 Å². The van der Waals surface area contributed by atoms with Crippen LogP contribution in [0.5, 0.6) is 0 Å². The minimum absolute atomic E-state index is 0.0394. The number of nitrogens with zero attached hydrogens (tertiary/aromatic N) is 2. The summed E-state index contributed by atoms with van der Waals surface area (Å²) < 4.78 is 31.1. The minimum atomic E-state index is -3.40. The summed E-state index contributed by atoms with van der Waals surface area (Å²) >= 11 is 1.21. The third-order valence-electron chi connectivity index (χ3n) is 2.95. The fourth-order valence-electron chi connectivity index (χ4n) is 1.93. The number of piperazine rings is 1. The molecule has 2 rings (SSSR count). The maximum atomic E-state index is 12.3. The zero-order valence-electron chi connectivity index (χ0n) is 10.6. The van der Waals surface area contributed by atoms with E-state index in [4.69, 9.17) is 4.74 Å². The van der Waals surface area contributed by atoms with Gasteiger partial charge in [-0.3, -0.25) is 4.79 Å². The highest BCUT2D eigenvalue weighted by Gasteiger charge is 2.30. The van der Waals surface area contributed by atoms with Crippen LogP contribution in [0, 0.1) is 0 Å². The van der Waals surface area contributed by atoms with Crippen LogP contribution in [0.25, 0.3) is 0 Å². The Morgan fingerprint density at radius 3 is 2.58 bits per heavy atom. The monoisotopic (exact) mass is 304 g/mol. The number of methoxy groups -OCH3 is 1. The van der Waals surface area contributed by atoms with Crippen LogP contribution in [-0.4, -0.2) is 63.4 Å². The van der Waals surface area contributed by atoms with E-state index in [1.807, 2.05) is 0 Å². The van der Waals surface area contributed by atoms with Crippen LogP contribution >= 0.6 is 11.3 Å². The van der Waals surface area contributed by atoms with Crippen molar-refractivity contribution >= 4 is 27.3 Å². The van der Waals surface area contributed by atoms with Crippen LogP contribution in [0.3, 0.4) is 0 Å². The Labute approximate surface area is 116 Å². The van der Waals surface area contributed by atoms with E-state index in [2.05, 4.69) is 0 Å². The predicted molar refractivity (Wildman–Crippen MR) is 71.5 cm³/mol. The lowest BCUT2D eigenvalue weighted by molar-refractivity contribution is -0.136. The average Bonchev–Trinajstić information content (AvgIpc) is 2.94. The molecule has 2 heterocycles. The number of carbonyl (C=O) groups excluding carboxylic acids is 1. The second kappa shape index (κ2) is 6.00. The molecule has 0 bridgehead atoms. The van der Waals surface area contributed by atoms with Crippen molar-refractivity contribution in [1.29, 1.82) is 0 Å². The molecular formula is C11H16N2O4S2. The SMILES string of the molecule is COCC(=O)N1CCN(S(=O)(=O)c2cccs2)CC1. The summed E-state index contributed by atoms with van der Waals surface area (Å²) in [5.74, 6) is -0.101. The van der Waals surface area contributed by atoms with Crippen molar-refractivity contribution < 1.29 is 17.9 Å². The fraction of sp³-hybridized carbons (Fsp3) is 0.545. The second-order valence-corrected chi connectivity index (χ2v) is 7.26. The molecule has 0 spiro atoms. The van der Waals surface area contributed by atoms with Crippen LogP contribution < -0.4 is 0 Å². The van der Waals surface area contributed by atoms with Crippen molar-refractivity contribution in [2.24, 2.45) is 0 Å². The molecule has 0 unspecified atom stereocenters. The molecule has 0 aromatic carbocycles. The van der Waals surface area contributed by atoms with Gasteiger partial charge in [-0.2, -0.15) is 4.31 Å². The first-order valence-electron chi connectivity index (χ1n) is 5.86. The van der Waals surface area contributed by atoms with Gasteiger partial charge >= 0.3 is 0 Å². The molecule has 0 radical (unpaired) electrons. The van der Waals surface area contributed by atoms with Gasteiger partial charge in [0.05, 0.1) is 0 Å². The molecule has 1 aromatic rings. The highest BCUT2D eigenvalue weighted by atomic mass is 32.2. The third-order valence-corrected chi connectivity index (χ3v) is 6.22. The lowest BCUT2D eigenvalue weighted by Crippen LogP contribution is -2.51. The number of thiophene rings is 1. The van der Waals surface area contributed by atoms with Crippen LogP contribution in [0.2, 0.25) is 0 Å². The van der Waals surface area contributed by atoms with E-state index < -0.39 is 10.0 Å². The van der Waals surface area contributed by atoms with Gasteiger partial charge in [0, 0.05) is 33.3 Å². The smallest absolute Gasteiger partial charge is 0.252 e. The summed E-state index contributed by atoms with van der Waals surface area (Å²) in [5.41, 5.74) is 0. The van der Waals surface area contributed by atoms with Crippen LogP contribution in [0.15, 0.2) is 21.7 Å². The molecule has 8 heteroatoms. The molecule has 1 aliphatic rings. The molecule has 1 fully saturated rings. The minimum Gasteiger partial charge on any atom is -0.375 e. The maximum absolute atomic E-state index is 12.3. The lowest BCUT2D eigenvalue weighted by atomic mass is 10.3. The van der Waals surface area contributed by atoms with Gasteiger partial charge in [-0.15, -0.1) is 11.3 Å². The summed E-state index contributed by atoms with van der Waals surface area (Å²) in [6, 6.07) is 3.32. The summed E-state index contributed by atoms with van der Waals surface area (Å²) in [6.07, 6.45) is 0. The molecule has 19 heavy (non-hydrogen) atoms. The largest absolute Gasteiger partial charge is 0.375 e. The quantitative estimate of drug-likeness (QED) is 0.798. The van der Waals surface area contributed by atoms with Crippen LogP contribution in [0.1, 0.15) is 0 Å². The third kappa shape index (κ3) is 3.14. The summed E-state index contributed by atoms with van der Waals surface area (Å²) in [5, 5.41) is 1.74. The zero-order valence-corrected chi connectivity index (χ0v) is 12.2. The maximum Gasteiger partial charge on any atom is 0.252 e. The molecular weight excluding hydrogens is 288 g/mol. The van der Waals surface area contributed by atoms with Gasteiger partial charge in [0.1, 0.15) is 10.8 Å². The first kappa shape index (κ1) is 14.4. The summed E-state index contributed by atoms with van der Waals surface area (Å²) in [7, 11) is -1.93. The predicted octanol–water partition coefficient (Wildman–Crippen LogP) is 0.227. The molecule has 1 aromatic heterocycles. The lowest BCUT2D eigenvalue weighted by Gasteiger charge is -2.33. The summed E-state index contributed by atoms with van der Waals surface area (Å²) in [6.45, 7) is 1.52. The Balaban J connectivity index is 1.99. The van der Waals surface area contributed by atoms with Gasteiger partial charge in [0.25, 0.3) is 10.0 Å². The van der Waals surface area contributed by atoms with Crippen LogP contribution in [0.4, 0.5) is 0 Å². The van der Waals surface area contributed by atoms with Crippen molar-refractivity contribution in [3.8, 4) is 0 Å². The van der Waals surface area contributed by atoms with E-state index >= 15 is 0 Å². The van der Waals surface area contributed by atoms with Gasteiger partial charge in [0.2, 0.25) is 5.91 Å². The molecule has 0 aliphatic carbocycles. The average molecular weight is 304 g/mol. The Morgan fingerprint density at radius 1 is 1.37 bits per heavy atom. The Kier molecular flexibility index (Phi) is 4.56. The summed E-state index contributed by atoms with van der Waals surface area (Å²) in [4.78, 5) is 13.2. The van der Waals surface area contributed by atoms with Crippen LogP contribution in [-0.2, 0) is 19.6 Å². The number of hydrogen-bond donors (Lipinski definition) is 0. The first-order chi connectivity index (χ1) is 9.05. The standard InChI is InChI=1S/C11H16N2O4S2/c1-17-9-10(14)12-4-6-13(7-5-12)19(15,16)11-3-2-8-18-11/h2-3,8H,4-7,9H2,1H3. The van der Waals surface area contributed by atoms with E-state index in [-0.39, 0.29) is 12.5 Å². The Morgan fingerprint density at radius 2 is 2.05 bits per heavy atom. The highest BCUT2D eigenvalue weighted by molar-refractivity contribution is 7.91. The number of rotatable bonds is 4. The second-order valence-electron chi connectivity index (χ2n) is 4.15. The fourth-order valence-corrected chi connectivity index (χ4v) is 4.50. The number of ether oxygens (including phenoxy) is 1. The van der Waals surface area contributed by atoms with Crippen molar-refractivity contribution in [2.75, 3.05) is 39.9 Å². The molecule has 1 saturated heterocycles. The molecule has 106 valence electrons. The molecule has 6 nitrogen and oxygen atoms in total. The van der Waals surface area contributed by atoms with Gasteiger partial charge in [-0.25, -0.2) is 8.42 Å². The van der Waals surface area contributed by atoms with Crippen molar-refractivity contribution in [2.45, 2.75) is 4.21 Å². The first-order valence-corrected chi connectivity index (χ1v) is 8.18. The van der Waals surface area contributed by atoms with Crippen molar-refractivity contribution in [1.82, 2.24) is 9.21 Å². The van der Waals surface area contributed by atoms with Crippen molar-refractivity contribution in [3.05, 3.63) is 17.5 Å². The van der Waals surface area contributed by atoms with Gasteiger partial charge in [0.15, 0.2) is 0 Å². The van der Waals surface area contributed by atoms with Crippen molar-refractivity contribution in [3.63, 3.8) is 0 Å². The van der Waals surface area contributed by atoms with Gasteiger partial charge in [-0.05, 0) is 11.4 Å². The Hall–Kier alpha value is -0.960. The number of hydrogen-bond acceptors (Lipinski definition) is 5. The van der Waals surface area contributed by atoms with E-state index in [1.165, 1.54) is 22.8 Å². The molecule has 0 atom stereocenters. The number of carbonyl (C=O) groups is 1.